The van der Waals surface area contributed by atoms with Gasteiger partial charge in [-0.15, -0.1) is 0 Å². The number of benzene rings is 2. The fourth-order valence-corrected chi connectivity index (χ4v) is 5.31. The van der Waals surface area contributed by atoms with Gasteiger partial charge in [0.25, 0.3) is 0 Å². The van der Waals surface area contributed by atoms with Gasteiger partial charge >= 0.3 is 133 Å². The number of halogens is 2. The third kappa shape index (κ3) is 2.94. The number of hydrogen-bond donors (Lipinski definition) is 0. The van der Waals surface area contributed by atoms with Gasteiger partial charge in [-0.2, -0.15) is 0 Å². The van der Waals surface area contributed by atoms with Crippen LogP contribution in [0.1, 0.15) is 22.8 Å². The fraction of sp³-hybridized carbons (Fsp3) is 0.200. The van der Waals surface area contributed by atoms with Crippen LogP contribution in [0.5, 0.6) is 0 Å². The van der Waals surface area contributed by atoms with Crippen molar-refractivity contribution in [3.05, 3.63) is 64.7 Å². The summed E-state index contributed by atoms with van der Waals surface area (Å²) in [5.74, 6) is -1.85. The number of hydrogen-bond acceptors (Lipinski definition) is 3. The fourth-order valence-electron chi connectivity index (χ4n) is 2.42. The maximum atomic E-state index is 14.1. The average Bonchev–Trinajstić information content (AvgIpc) is 2.60. The molecule has 0 bridgehead atoms. The van der Waals surface area contributed by atoms with Crippen LogP contribution in [0.25, 0.3) is 0 Å². The van der Waals surface area contributed by atoms with Crippen LogP contribution in [0.3, 0.4) is 0 Å². The monoisotopic (exact) mass is 390 g/mol. The summed E-state index contributed by atoms with van der Waals surface area (Å²) in [5.41, 5.74) is 1.26. The van der Waals surface area contributed by atoms with Gasteiger partial charge in [0.1, 0.15) is 0 Å². The molecule has 0 spiro atoms. The van der Waals surface area contributed by atoms with Crippen molar-refractivity contribution in [3.8, 4) is 0 Å². The first-order chi connectivity index (χ1) is 10.4. The second-order valence-electron chi connectivity index (χ2n) is 4.94. The van der Waals surface area contributed by atoms with Gasteiger partial charge in [-0.05, 0) is 0 Å². The van der Waals surface area contributed by atoms with Crippen LogP contribution in [-0.4, -0.2) is 29.6 Å². The summed E-state index contributed by atoms with van der Waals surface area (Å²) in [7, 11) is -3.76. The number of rotatable bonds is 2. The second-order valence-corrected chi connectivity index (χ2v) is 8.67. The van der Waals surface area contributed by atoms with E-state index in [1.807, 2.05) is 12.1 Å². The van der Waals surface area contributed by atoms with E-state index in [4.69, 9.17) is 4.18 Å². The van der Waals surface area contributed by atoms with Crippen LogP contribution in [0.4, 0.5) is 8.78 Å². The van der Waals surface area contributed by atoms with Gasteiger partial charge in [0.2, 0.25) is 0 Å². The molecule has 3 nitrogen and oxygen atoms in total. The van der Waals surface area contributed by atoms with Gasteiger partial charge in [0.05, 0.1) is 0 Å². The van der Waals surface area contributed by atoms with E-state index >= 15 is 0 Å². The Morgan fingerprint density at radius 1 is 1.14 bits per heavy atom. The van der Waals surface area contributed by atoms with Crippen LogP contribution in [-0.2, 0) is 19.6 Å². The first kappa shape index (κ1) is 15.6. The molecule has 2 aromatic rings. The van der Waals surface area contributed by atoms with E-state index in [1.54, 1.807) is 12.1 Å². The van der Waals surface area contributed by atoms with Crippen molar-refractivity contribution in [2.45, 2.75) is 11.4 Å². The van der Waals surface area contributed by atoms with Gasteiger partial charge in [-0.3, -0.25) is 0 Å². The Labute approximate surface area is 133 Å². The van der Waals surface area contributed by atoms with Gasteiger partial charge in [0.15, 0.2) is 0 Å². The van der Waals surface area contributed by atoms with Crippen molar-refractivity contribution in [2.75, 3.05) is 6.26 Å². The molecule has 7 heteroatoms. The summed E-state index contributed by atoms with van der Waals surface area (Å²) in [6, 6.07) is 9.66. The third-order valence-electron chi connectivity index (χ3n) is 3.36. The molecule has 1 atom stereocenters. The Balaban J connectivity index is 2.24. The molecular formula is C15H12F2O3SSe. The molecule has 1 aliphatic rings. The summed E-state index contributed by atoms with van der Waals surface area (Å²) < 4.78 is 57.0. The van der Waals surface area contributed by atoms with Crippen molar-refractivity contribution in [3.63, 3.8) is 0 Å². The van der Waals surface area contributed by atoms with Gasteiger partial charge in [-0.1, -0.05) is 0 Å². The number of fused-ring (bicyclic) bond motifs is 2. The van der Waals surface area contributed by atoms with E-state index in [-0.39, 0.29) is 20.5 Å². The Bertz CT molecular complexity index is 837. The summed E-state index contributed by atoms with van der Waals surface area (Å²) in [5, 5.41) is 0.354. The Morgan fingerprint density at radius 3 is 2.59 bits per heavy atom. The molecule has 0 N–H and O–H groups in total. The van der Waals surface area contributed by atoms with Gasteiger partial charge < -0.3 is 0 Å². The molecule has 22 heavy (non-hydrogen) atoms. The van der Waals surface area contributed by atoms with E-state index in [0.717, 1.165) is 16.8 Å². The van der Waals surface area contributed by atoms with E-state index in [2.05, 4.69) is 0 Å². The van der Waals surface area contributed by atoms with E-state index in [9.17, 15) is 17.2 Å². The third-order valence-corrected chi connectivity index (χ3v) is 6.24. The first-order valence-corrected chi connectivity index (χ1v) is 10.3. The quantitative estimate of drug-likeness (QED) is 0.582. The van der Waals surface area contributed by atoms with E-state index in [1.165, 1.54) is 6.07 Å². The SMILES string of the molecule is CS(=O)(=O)OC1c2ccccc2[Se]Cc2c1ccc(F)c2F. The van der Waals surface area contributed by atoms with Crippen LogP contribution in [0.15, 0.2) is 36.4 Å². The van der Waals surface area contributed by atoms with Crippen molar-refractivity contribution in [2.24, 2.45) is 0 Å². The zero-order chi connectivity index (χ0) is 15.9. The molecule has 1 aliphatic heterocycles. The van der Waals surface area contributed by atoms with Crippen LogP contribution in [0, 0.1) is 11.6 Å². The molecule has 0 aliphatic carbocycles. The molecule has 0 amide bonds. The van der Waals surface area contributed by atoms with Crippen molar-refractivity contribution in [1.29, 1.82) is 0 Å². The minimum absolute atomic E-state index is 0.129. The van der Waals surface area contributed by atoms with Crippen molar-refractivity contribution >= 4 is 29.5 Å². The van der Waals surface area contributed by atoms with Crippen LogP contribution < -0.4 is 4.46 Å². The Kier molecular flexibility index (Phi) is 4.07. The van der Waals surface area contributed by atoms with Gasteiger partial charge in [-0.25, -0.2) is 0 Å². The molecular weight excluding hydrogens is 377 g/mol. The van der Waals surface area contributed by atoms with Crippen LogP contribution >= 0.6 is 0 Å². The summed E-state index contributed by atoms with van der Waals surface area (Å²) >= 11 is -0.129. The summed E-state index contributed by atoms with van der Waals surface area (Å²) in [6.07, 6.45) is 0.00579. The first-order valence-electron chi connectivity index (χ1n) is 6.43. The Morgan fingerprint density at radius 2 is 1.86 bits per heavy atom. The predicted molar refractivity (Wildman–Crippen MR) is 79.7 cm³/mol. The van der Waals surface area contributed by atoms with Crippen LogP contribution in [0.2, 0.25) is 0 Å². The zero-order valence-corrected chi connectivity index (χ0v) is 14.1. The second kappa shape index (κ2) is 5.74. The molecule has 0 fully saturated rings. The molecule has 2 aromatic carbocycles. The zero-order valence-electron chi connectivity index (χ0n) is 11.5. The van der Waals surface area contributed by atoms with E-state index < -0.39 is 27.9 Å². The predicted octanol–water partition coefficient (Wildman–Crippen LogP) is 1.87. The Hall–Kier alpha value is -1.27. The normalized spacial score (nSPS) is 17.5. The molecule has 1 heterocycles. The molecule has 0 radical (unpaired) electrons. The minimum atomic E-state index is -3.76. The van der Waals surface area contributed by atoms with Crippen molar-refractivity contribution < 1.29 is 21.4 Å². The standard InChI is InChI=1S/C15H12F2O3SSe/c1-21(18,19)20-15-9-6-7-12(16)14(17)11(9)8-22-13-5-3-2-4-10(13)15/h2-7,15H,8H2,1H3. The molecule has 0 aromatic heterocycles. The summed E-state index contributed by atoms with van der Waals surface area (Å²) in [6.45, 7) is 0. The van der Waals surface area contributed by atoms with Crippen molar-refractivity contribution in [1.82, 2.24) is 0 Å². The molecule has 0 saturated heterocycles. The maximum absolute atomic E-state index is 14.1. The molecule has 3 rings (SSSR count). The van der Waals surface area contributed by atoms with Gasteiger partial charge in [0, 0.05) is 0 Å². The topological polar surface area (TPSA) is 43.4 Å². The average molecular weight is 389 g/mol. The summed E-state index contributed by atoms with van der Waals surface area (Å²) in [4.78, 5) is 0. The molecule has 0 saturated carbocycles. The molecule has 1 unspecified atom stereocenters. The van der Waals surface area contributed by atoms with E-state index in [0.29, 0.717) is 16.4 Å². The molecule has 116 valence electrons.